The second-order valence-corrected chi connectivity index (χ2v) is 9.01. The first-order valence-electron chi connectivity index (χ1n) is 9.53. The molecule has 2 aromatic heterocycles. The zero-order chi connectivity index (χ0) is 20.4. The first-order valence-corrected chi connectivity index (χ1v) is 11.1. The van der Waals surface area contributed by atoms with E-state index in [1.165, 1.54) is 18.1 Å². The van der Waals surface area contributed by atoms with Crippen LogP contribution in [0.15, 0.2) is 34.6 Å². The van der Waals surface area contributed by atoms with Gasteiger partial charge >= 0.3 is 0 Å². The summed E-state index contributed by atoms with van der Waals surface area (Å²) in [4.78, 5) is 14.0. The standard InChI is InChI=1S/C19H22Cl2N6OS/c20-11-7-12(21)9-13(8-11)29-19-26-16-17(22)24-10-25-18(16)27(19)6-2-5-23-14-3-1-4-15(14)28/h7-10,14-15,23,28H,1-6H2,(H2,22,24,25)/t14-,15-/m0/s1. The number of benzene rings is 1. The Bertz CT molecular complexity index is 994. The number of nitrogens with two attached hydrogens (primary N) is 1. The van der Waals surface area contributed by atoms with Crippen LogP contribution >= 0.6 is 35.0 Å². The van der Waals surface area contributed by atoms with E-state index in [-0.39, 0.29) is 12.1 Å². The van der Waals surface area contributed by atoms with E-state index in [1.807, 2.05) is 16.7 Å². The number of aliphatic hydroxyl groups excluding tert-OH is 1. The molecule has 1 aromatic carbocycles. The van der Waals surface area contributed by atoms with Crippen LogP contribution in [0.2, 0.25) is 10.0 Å². The summed E-state index contributed by atoms with van der Waals surface area (Å²) in [6.45, 7) is 1.51. The molecule has 0 unspecified atom stereocenters. The van der Waals surface area contributed by atoms with Crippen molar-refractivity contribution in [1.82, 2.24) is 24.8 Å². The van der Waals surface area contributed by atoms with E-state index in [0.717, 1.165) is 42.3 Å². The predicted octanol–water partition coefficient (Wildman–Crippen LogP) is 3.76. The van der Waals surface area contributed by atoms with E-state index < -0.39 is 0 Å². The normalized spacial score (nSPS) is 19.3. The molecule has 1 fully saturated rings. The van der Waals surface area contributed by atoms with Crippen molar-refractivity contribution in [2.75, 3.05) is 12.3 Å². The third-order valence-corrected chi connectivity index (χ3v) is 6.42. The molecule has 10 heteroatoms. The molecule has 154 valence electrons. The Labute approximate surface area is 183 Å². The minimum absolute atomic E-state index is 0.190. The van der Waals surface area contributed by atoms with E-state index in [1.54, 1.807) is 6.07 Å². The summed E-state index contributed by atoms with van der Waals surface area (Å²) in [5.41, 5.74) is 7.30. The van der Waals surface area contributed by atoms with Crippen molar-refractivity contribution in [3.05, 3.63) is 34.6 Å². The maximum absolute atomic E-state index is 9.96. The Morgan fingerprint density at radius 1 is 1.21 bits per heavy atom. The summed E-state index contributed by atoms with van der Waals surface area (Å²) in [5.74, 6) is 0.354. The Kier molecular flexibility index (Phi) is 6.46. The maximum Gasteiger partial charge on any atom is 0.175 e. The number of fused-ring (bicyclic) bond motifs is 1. The third kappa shape index (κ3) is 4.78. The van der Waals surface area contributed by atoms with Gasteiger partial charge in [0.15, 0.2) is 22.1 Å². The number of aromatic nitrogens is 4. The highest BCUT2D eigenvalue weighted by Crippen LogP contribution is 2.34. The molecule has 1 saturated carbocycles. The van der Waals surface area contributed by atoms with Crippen molar-refractivity contribution >= 4 is 51.9 Å². The number of nitrogens with zero attached hydrogens (tertiary/aromatic N) is 4. The van der Waals surface area contributed by atoms with E-state index in [9.17, 15) is 5.11 Å². The summed E-state index contributed by atoms with van der Waals surface area (Å²) >= 11 is 13.7. The first kappa shape index (κ1) is 20.7. The molecular formula is C19H22Cl2N6OS. The predicted molar refractivity (Wildman–Crippen MR) is 117 cm³/mol. The lowest BCUT2D eigenvalue weighted by Gasteiger charge is -2.16. The first-order chi connectivity index (χ1) is 14.0. The molecule has 1 aliphatic carbocycles. The molecule has 1 aliphatic rings. The third-order valence-electron chi connectivity index (χ3n) is 5.01. The van der Waals surface area contributed by atoms with Crippen molar-refractivity contribution in [3.63, 3.8) is 0 Å². The van der Waals surface area contributed by atoms with E-state index in [0.29, 0.717) is 33.6 Å². The van der Waals surface area contributed by atoms with E-state index in [2.05, 4.69) is 20.3 Å². The average molecular weight is 453 g/mol. The fourth-order valence-corrected chi connectivity index (χ4v) is 5.27. The quantitative estimate of drug-likeness (QED) is 0.468. The SMILES string of the molecule is Nc1ncnc2c1nc(Sc1cc(Cl)cc(Cl)c1)n2CCCN[C@H]1CCC[C@@H]1O. The summed E-state index contributed by atoms with van der Waals surface area (Å²) in [6.07, 6.45) is 5.05. The lowest BCUT2D eigenvalue weighted by atomic mass is 10.2. The van der Waals surface area contributed by atoms with Crippen molar-refractivity contribution < 1.29 is 5.11 Å². The highest BCUT2D eigenvalue weighted by Gasteiger charge is 2.24. The van der Waals surface area contributed by atoms with E-state index >= 15 is 0 Å². The molecule has 29 heavy (non-hydrogen) atoms. The highest BCUT2D eigenvalue weighted by atomic mass is 35.5. The van der Waals surface area contributed by atoms with Crippen LogP contribution in [0, 0.1) is 0 Å². The number of imidazole rings is 1. The van der Waals surface area contributed by atoms with Gasteiger partial charge in [-0.1, -0.05) is 35.0 Å². The van der Waals surface area contributed by atoms with Gasteiger partial charge in [-0.05, 0) is 50.4 Å². The van der Waals surface area contributed by atoms with Gasteiger partial charge in [0.1, 0.15) is 6.33 Å². The lowest BCUT2D eigenvalue weighted by molar-refractivity contribution is 0.149. The molecule has 2 heterocycles. The molecule has 4 rings (SSSR count). The van der Waals surface area contributed by atoms with Crippen molar-refractivity contribution in [2.45, 2.75) is 54.4 Å². The Morgan fingerprint density at radius 2 is 2.00 bits per heavy atom. The van der Waals surface area contributed by atoms with Crippen molar-refractivity contribution in [3.8, 4) is 0 Å². The fraction of sp³-hybridized carbons (Fsp3) is 0.421. The van der Waals surface area contributed by atoms with Gasteiger partial charge in [0.25, 0.3) is 0 Å². The minimum Gasteiger partial charge on any atom is -0.392 e. The number of aliphatic hydroxyl groups is 1. The second kappa shape index (κ2) is 9.06. The van der Waals surface area contributed by atoms with Crippen LogP contribution in [0.3, 0.4) is 0 Å². The van der Waals surface area contributed by atoms with Gasteiger partial charge in [0.05, 0.1) is 6.10 Å². The summed E-state index contributed by atoms with van der Waals surface area (Å²) in [5, 5.41) is 15.3. The monoisotopic (exact) mass is 452 g/mol. The molecule has 0 aliphatic heterocycles. The smallest absolute Gasteiger partial charge is 0.175 e. The molecule has 0 spiro atoms. The van der Waals surface area contributed by atoms with Crippen LogP contribution in [0.25, 0.3) is 11.2 Å². The average Bonchev–Trinajstić information content (AvgIpc) is 3.22. The number of nitrogen functional groups attached to an aromatic ring is 1. The number of anilines is 1. The topological polar surface area (TPSA) is 102 Å². The van der Waals surface area contributed by atoms with Gasteiger partial charge in [0.2, 0.25) is 0 Å². The molecule has 0 bridgehead atoms. The second-order valence-electron chi connectivity index (χ2n) is 7.10. The highest BCUT2D eigenvalue weighted by molar-refractivity contribution is 7.99. The van der Waals surface area contributed by atoms with Crippen molar-refractivity contribution in [1.29, 1.82) is 0 Å². The minimum atomic E-state index is -0.240. The Hall–Kier alpha value is -1.58. The number of hydrogen-bond acceptors (Lipinski definition) is 7. The van der Waals surface area contributed by atoms with Gasteiger partial charge < -0.3 is 20.7 Å². The molecule has 3 aromatic rings. The Morgan fingerprint density at radius 3 is 2.72 bits per heavy atom. The van der Waals surface area contributed by atoms with Crippen LogP contribution < -0.4 is 11.1 Å². The number of hydrogen-bond donors (Lipinski definition) is 3. The van der Waals surface area contributed by atoms with Crippen LogP contribution in [0.1, 0.15) is 25.7 Å². The number of rotatable bonds is 7. The zero-order valence-corrected chi connectivity index (χ0v) is 18.0. The van der Waals surface area contributed by atoms with E-state index in [4.69, 9.17) is 28.9 Å². The van der Waals surface area contributed by atoms with Gasteiger partial charge in [0, 0.05) is 27.5 Å². The molecule has 0 amide bonds. The molecule has 7 nitrogen and oxygen atoms in total. The van der Waals surface area contributed by atoms with Gasteiger partial charge in [-0.2, -0.15) is 0 Å². The summed E-state index contributed by atoms with van der Waals surface area (Å²) < 4.78 is 2.04. The van der Waals surface area contributed by atoms with Gasteiger partial charge in [-0.15, -0.1) is 0 Å². The number of aryl methyl sites for hydroxylation is 1. The number of halogens is 2. The maximum atomic E-state index is 9.96. The van der Waals surface area contributed by atoms with Crippen LogP contribution in [0.4, 0.5) is 5.82 Å². The van der Waals surface area contributed by atoms with Crippen LogP contribution in [-0.4, -0.2) is 43.3 Å². The van der Waals surface area contributed by atoms with Crippen LogP contribution in [-0.2, 0) is 6.54 Å². The van der Waals surface area contributed by atoms with Gasteiger partial charge in [-0.3, -0.25) is 0 Å². The largest absolute Gasteiger partial charge is 0.392 e. The van der Waals surface area contributed by atoms with Crippen molar-refractivity contribution in [2.24, 2.45) is 0 Å². The fourth-order valence-electron chi connectivity index (χ4n) is 3.61. The molecule has 0 saturated heterocycles. The zero-order valence-electron chi connectivity index (χ0n) is 15.7. The lowest BCUT2D eigenvalue weighted by Crippen LogP contribution is -2.36. The van der Waals surface area contributed by atoms with Gasteiger partial charge in [-0.25, -0.2) is 15.0 Å². The molecule has 0 radical (unpaired) electrons. The van der Waals surface area contributed by atoms with Crippen LogP contribution in [0.5, 0.6) is 0 Å². The number of nitrogens with one attached hydrogen (secondary N) is 1. The summed E-state index contributed by atoms with van der Waals surface area (Å²) in [6, 6.07) is 5.58. The molecular weight excluding hydrogens is 431 g/mol. The molecule has 2 atom stereocenters. The summed E-state index contributed by atoms with van der Waals surface area (Å²) in [7, 11) is 0. The molecule has 4 N–H and O–H groups in total. The Balaban J connectivity index is 1.54.